The Morgan fingerprint density at radius 3 is 2.14 bits per heavy atom. The average Bonchev–Trinajstić information content (AvgIpc) is 3.44. The van der Waals surface area contributed by atoms with E-state index in [4.69, 9.17) is 9.16 Å². The van der Waals surface area contributed by atoms with E-state index < -0.39 is 20.4 Å². The van der Waals surface area contributed by atoms with Crippen molar-refractivity contribution in [1.29, 1.82) is 0 Å². The fourth-order valence-corrected chi connectivity index (χ4v) is 10.2. The summed E-state index contributed by atoms with van der Waals surface area (Å²) in [7, 11) is -2.78. The molecule has 2 aromatic carbocycles. The maximum Gasteiger partial charge on any atom is 0.331 e. The van der Waals surface area contributed by atoms with Crippen LogP contribution in [0.25, 0.3) is 0 Å². The van der Waals surface area contributed by atoms with Gasteiger partial charge in [-0.3, -0.25) is 4.79 Å². The highest BCUT2D eigenvalue weighted by atomic mass is 28.4. The molecule has 2 aromatic rings. The molecule has 0 aromatic heterocycles. The van der Waals surface area contributed by atoms with E-state index in [0.717, 1.165) is 0 Å². The zero-order valence-electron chi connectivity index (χ0n) is 21.4. The van der Waals surface area contributed by atoms with Gasteiger partial charge in [-0.05, 0) is 21.8 Å². The highest BCUT2D eigenvalue weighted by molar-refractivity contribution is 6.99. The molecule has 3 atom stereocenters. The molecule has 1 unspecified atom stereocenters. The minimum atomic E-state index is -2.78. The first-order chi connectivity index (χ1) is 17.2. The Labute approximate surface area is 215 Å². The molecule has 0 N–H and O–H groups in total. The Bertz CT molecular complexity index is 1110. The lowest BCUT2D eigenvalue weighted by Gasteiger charge is -2.44. The molecule has 4 rings (SSSR count). The number of hydrogen-bond donors (Lipinski definition) is 0. The molecule has 0 bridgehead atoms. The normalized spacial score (nSPS) is 21.2. The molecule has 6 heteroatoms. The van der Waals surface area contributed by atoms with Crippen molar-refractivity contribution < 1.29 is 18.8 Å². The molecule has 2 aliphatic heterocycles. The largest absolute Gasteiger partial charge is 0.452 e. The van der Waals surface area contributed by atoms with E-state index in [2.05, 4.69) is 82.5 Å². The first kappa shape index (κ1) is 25.9. The highest BCUT2D eigenvalue weighted by Gasteiger charge is 2.51. The van der Waals surface area contributed by atoms with E-state index in [1.165, 1.54) is 16.4 Å². The second kappa shape index (κ2) is 10.4. The number of nitrogens with zero attached hydrogens (tertiary/aromatic N) is 1. The van der Waals surface area contributed by atoms with Crippen LogP contribution < -0.4 is 10.4 Å². The summed E-state index contributed by atoms with van der Waals surface area (Å²) >= 11 is 0. The second-order valence-corrected chi connectivity index (χ2v) is 14.7. The van der Waals surface area contributed by atoms with Crippen LogP contribution in [0.15, 0.2) is 97.6 Å². The van der Waals surface area contributed by atoms with E-state index in [1.807, 2.05) is 17.0 Å². The SMILES string of the molecule is C=CC1=CC(=O)O[C@H]1[C@H]1CCC(=O)N1C(C=C)CO[Si](c1ccccc1)(c1ccccc1)C(C)(C)C. The molecule has 36 heavy (non-hydrogen) atoms. The van der Waals surface area contributed by atoms with Gasteiger partial charge in [-0.1, -0.05) is 100 Å². The third-order valence-corrected chi connectivity index (χ3v) is 12.3. The Morgan fingerprint density at radius 1 is 1.06 bits per heavy atom. The van der Waals surface area contributed by atoms with E-state index in [9.17, 15) is 9.59 Å². The summed E-state index contributed by atoms with van der Waals surface area (Å²) in [4.78, 5) is 26.9. The Kier molecular flexibility index (Phi) is 7.48. The molecule has 2 aliphatic rings. The summed E-state index contributed by atoms with van der Waals surface area (Å²) in [5, 5.41) is 2.17. The quantitative estimate of drug-likeness (QED) is 0.294. The molecular formula is C30H35NO4Si. The van der Waals surface area contributed by atoms with Crippen LogP contribution in [-0.2, 0) is 18.8 Å². The lowest BCUT2D eigenvalue weighted by Crippen LogP contribution is -2.67. The van der Waals surface area contributed by atoms with Crippen LogP contribution in [0.4, 0.5) is 0 Å². The smallest absolute Gasteiger partial charge is 0.331 e. The third-order valence-electron chi connectivity index (χ3n) is 7.26. The van der Waals surface area contributed by atoms with Gasteiger partial charge in [0.1, 0.15) is 6.10 Å². The van der Waals surface area contributed by atoms with Crippen molar-refractivity contribution in [2.75, 3.05) is 6.61 Å². The van der Waals surface area contributed by atoms with E-state index >= 15 is 0 Å². The predicted molar refractivity (Wildman–Crippen MR) is 146 cm³/mol. The molecule has 0 saturated carbocycles. The van der Waals surface area contributed by atoms with Gasteiger partial charge in [0.25, 0.3) is 8.32 Å². The van der Waals surface area contributed by atoms with Crippen molar-refractivity contribution in [2.45, 2.75) is 56.8 Å². The molecule has 5 nitrogen and oxygen atoms in total. The summed E-state index contributed by atoms with van der Waals surface area (Å²) in [5.41, 5.74) is 0.709. The average molecular weight is 502 g/mol. The van der Waals surface area contributed by atoms with Crippen LogP contribution >= 0.6 is 0 Å². The van der Waals surface area contributed by atoms with Gasteiger partial charge in [0.15, 0.2) is 0 Å². The van der Waals surface area contributed by atoms with Crippen molar-refractivity contribution in [3.05, 3.63) is 97.6 Å². The van der Waals surface area contributed by atoms with Crippen LogP contribution in [0.3, 0.4) is 0 Å². The summed E-state index contributed by atoms with van der Waals surface area (Å²) in [5.74, 6) is -0.379. The maximum atomic E-state index is 13.1. The van der Waals surface area contributed by atoms with Crippen molar-refractivity contribution in [2.24, 2.45) is 0 Å². The summed E-state index contributed by atoms with van der Waals surface area (Å²) in [6.07, 6.45) is 5.36. The minimum absolute atomic E-state index is 0.0160. The lowest BCUT2D eigenvalue weighted by molar-refractivity contribution is -0.144. The van der Waals surface area contributed by atoms with Gasteiger partial charge >= 0.3 is 5.97 Å². The van der Waals surface area contributed by atoms with Gasteiger partial charge in [-0.15, -0.1) is 6.58 Å². The number of likely N-dealkylation sites (tertiary alicyclic amines) is 1. The fraction of sp³-hybridized carbons (Fsp3) is 0.333. The van der Waals surface area contributed by atoms with Crippen molar-refractivity contribution in [1.82, 2.24) is 4.90 Å². The number of ether oxygens (including phenoxy) is 1. The van der Waals surface area contributed by atoms with E-state index in [0.29, 0.717) is 25.0 Å². The van der Waals surface area contributed by atoms with Crippen LogP contribution in [0.2, 0.25) is 5.04 Å². The summed E-state index contributed by atoms with van der Waals surface area (Å²) < 4.78 is 12.7. The molecule has 1 saturated heterocycles. The number of esters is 1. The molecular weight excluding hydrogens is 466 g/mol. The molecule has 2 heterocycles. The number of hydrogen-bond acceptors (Lipinski definition) is 4. The zero-order valence-corrected chi connectivity index (χ0v) is 22.4. The van der Waals surface area contributed by atoms with E-state index in [-0.39, 0.29) is 23.0 Å². The van der Waals surface area contributed by atoms with Gasteiger partial charge in [-0.2, -0.15) is 0 Å². The highest BCUT2D eigenvalue weighted by Crippen LogP contribution is 2.38. The fourth-order valence-electron chi connectivity index (χ4n) is 5.61. The van der Waals surface area contributed by atoms with Crippen LogP contribution in [-0.4, -0.2) is 49.9 Å². The second-order valence-electron chi connectivity index (χ2n) is 10.4. The molecule has 0 spiro atoms. The molecule has 1 amide bonds. The first-order valence-corrected chi connectivity index (χ1v) is 14.4. The van der Waals surface area contributed by atoms with Gasteiger partial charge in [0, 0.05) is 18.1 Å². The molecule has 1 fully saturated rings. The van der Waals surface area contributed by atoms with Gasteiger partial charge in [0.2, 0.25) is 5.91 Å². The Morgan fingerprint density at radius 2 is 1.64 bits per heavy atom. The van der Waals surface area contributed by atoms with Crippen LogP contribution in [0.5, 0.6) is 0 Å². The molecule has 0 radical (unpaired) electrons. The van der Waals surface area contributed by atoms with Crippen molar-refractivity contribution in [3.63, 3.8) is 0 Å². The number of benzene rings is 2. The Hall–Kier alpha value is -3.22. The molecule has 188 valence electrons. The topological polar surface area (TPSA) is 55.8 Å². The maximum absolute atomic E-state index is 13.1. The van der Waals surface area contributed by atoms with Crippen LogP contribution in [0, 0.1) is 0 Å². The Balaban J connectivity index is 1.70. The van der Waals surface area contributed by atoms with Crippen molar-refractivity contribution in [3.8, 4) is 0 Å². The first-order valence-electron chi connectivity index (χ1n) is 12.5. The number of carbonyl (C=O) groups is 2. The zero-order chi connectivity index (χ0) is 25.9. The summed E-state index contributed by atoms with van der Waals surface area (Å²) in [6.45, 7) is 14.9. The van der Waals surface area contributed by atoms with Gasteiger partial charge in [0.05, 0.1) is 18.7 Å². The van der Waals surface area contributed by atoms with E-state index in [1.54, 1.807) is 12.2 Å². The predicted octanol–water partition coefficient (Wildman–Crippen LogP) is 4.15. The monoisotopic (exact) mass is 501 g/mol. The van der Waals surface area contributed by atoms with Crippen molar-refractivity contribution >= 4 is 30.6 Å². The number of carbonyl (C=O) groups excluding carboxylic acids is 2. The summed E-state index contributed by atoms with van der Waals surface area (Å²) in [6, 6.07) is 20.2. The number of cyclic esters (lactones) is 1. The van der Waals surface area contributed by atoms with Gasteiger partial charge < -0.3 is 14.1 Å². The standard InChI is InChI=1S/C30H35NO4Si/c1-6-22-20-28(33)35-29(22)26-18-19-27(32)31(26)23(7-2)21-34-36(30(3,4)5,24-14-10-8-11-15-24)25-16-12-9-13-17-25/h6-17,20,23,26,29H,1-2,18-19,21H2,3-5H3/t23?,26-,29-/m1/s1. The number of amides is 1. The third kappa shape index (κ3) is 4.63. The van der Waals surface area contributed by atoms with Gasteiger partial charge in [-0.25, -0.2) is 4.79 Å². The molecule has 0 aliphatic carbocycles. The van der Waals surface area contributed by atoms with Crippen LogP contribution in [0.1, 0.15) is 33.6 Å². The minimum Gasteiger partial charge on any atom is -0.452 e. The number of rotatable bonds is 9. The lowest BCUT2D eigenvalue weighted by atomic mass is 10.0.